The number of unbranched alkanes of at least 4 members (excludes halogenated alkanes) is 3. The number of aryl methyl sites for hydroxylation is 1. The Bertz CT molecular complexity index is 352. The number of nitrogens with one attached hydrogen (secondary N) is 1. The maximum atomic E-state index is 3.64. The van der Waals surface area contributed by atoms with Crippen LogP contribution in [-0.4, -0.2) is 10.6 Å². The third kappa shape index (κ3) is 4.49. The average molecular weight is 250 g/mol. The molecule has 0 aliphatic heterocycles. The number of hydrogen-bond acceptors (Lipinski definition) is 1. The lowest BCUT2D eigenvalue weighted by molar-refractivity contribution is 0.482. The van der Waals surface area contributed by atoms with Gasteiger partial charge in [-0.25, -0.2) is 0 Å². The van der Waals surface area contributed by atoms with Gasteiger partial charge in [0.05, 0.1) is 0 Å². The van der Waals surface area contributed by atoms with Crippen molar-refractivity contribution in [3.8, 4) is 0 Å². The molecular formula is C16H30N2. The van der Waals surface area contributed by atoms with Gasteiger partial charge in [-0.2, -0.15) is 0 Å². The first-order valence-electron chi connectivity index (χ1n) is 7.41. The van der Waals surface area contributed by atoms with Crippen LogP contribution >= 0.6 is 0 Å². The van der Waals surface area contributed by atoms with Crippen LogP contribution in [-0.2, 0) is 13.6 Å². The molecule has 0 bridgehead atoms. The smallest absolute Gasteiger partial charge is 0.0225 e. The molecule has 0 radical (unpaired) electrons. The van der Waals surface area contributed by atoms with E-state index in [-0.39, 0.29) is 0 Å². The summed E-state index contributed by atoms with van der Waals surface area (Å²) in [5.74, 6) is 0. The molecule has 1 unspecified atom stereocenters. The van der Waals surface area contributed by atoms with Crippen LogP contribution in [0.5, 0.6) is 0 Å². The third-order valence-electron chi connectivity index (χ3n) is 4.01. The molecule has 0 saturated carbocycles. The predicted molar refractivity (Wildman–Crippen MR) is 79.9 cm³/mol. The number of rotatable bonds is 8. The van der Waals surface area contributed by atoms with Crippen LogP contribution in [0.15, 0.2) is 6.07 Å². The van der Waals surface area contributed by atoms with Gasteiger partial charge in [0.25, 0.3) is 0 Å². The second-order valence-electron chi connectivity index (χ2n) is 5.59. The summed E-state index contributed by atoms with van der Waals surface area (Å²) in [6.07, 6.45) is 6.74. The molecule has 1 aromatic rings. The van der Waals surface area contributed by atoms with Crippen molar-refractivity contribution in [1.82, 2.24) is 9.88 Å². The van der Waals surface area contributed by atoms with Crippen molar-refractivity contribution >= 4 is 0 Å². The van der Waals surface area contributed by atoms with Gasteiger partial charge >= 0.3 is 0 Å². The Labute approximate surface area is 113 Å². The Balaban J connectivity index is 2.29. The van der Waals surface area contributed by atoms with Gasteiger partial charge in [0.2, 0.25) is 0 Å². The summed E-state index contributed by atoms with van der Waals surface area (Å²) in [7, 11) is 2.14. The second kappa shape index (κ2) is 7.63. The summed E-state index contributed by atoms with van der Waals surface area (Å²) >= 11 is 0. The van der Waals surface area contributed by atoms with Crippen molar-refractivity contribution in [2.75, 3.05) is 0 Å². The molecule has 2 heteroatoms. The van der Waals surface area contributed by atoms with Crippen LogP contribution in [0.2, 0.25) is 0 Å². The lowest BCUT2D eigenvalue weighted by atomic mass is 10.1. The Morgan fingerprint density at radius 3 is 2.50 bits per heavy atom. The van der Waals surface area contributed by atoms with Crippen LogP contribution in [0, 0.1) is 13.8 Å². The van der Waals surface area contributed by atoms with Gasteiger partial charge in [-0.3, -0.25) is 0 Å². The fourth-order valence-corrected chi connectivity index (χ4v) is 2.38. The largest absolute Gasteiger partial charge is 0.352 e. The topological polar surface area (TPSA) is 17.0 Å². The van der Waals surface area contributed by atoms with Crippen LogP contribution < -0.4 is 5.32 Å². The van der Waals surface area contributed by atoms with Gasteiger partial charge in [-0.1, -0.05) is 32.6 Å². The molecule has 1 N–H and O–H groups in total. The molecule has 1 rings (SSSR count). The lowest BCUT2D eigenvalue weighted by Crippen LogP contribution is -2.25. The van der Waals surface area contributed by atoms with Crippen molar-refractivity contribution in [2.45, 2.75) is 72.4 Å². The molecule has 0 spiro atoms. The number of nitrogens with zero attached hydrogens (tertiary/aromatic N) is 1. The third-order valence-corrected chi connectivity index (χ3v) is 4.01. The zero-order valence-electron chi connectivity index (χ0n) is 12.8. The molecule has 1 aromatic heterocycles. The van der Waals surface area contributed by atoms with E-state index >= 15 is 0 Å². The fraction of sp³-hybridized carbons (Fsp3) is 0.750. The molecule has 2 nitrogen and oxygen atoms in total. The first kappa shape index (κ1) is 15.3. The Morgan fingerprint density at radius 2 is 1.94 bits per heavy atom. The van der Waals surface area contributed by atoms with Crippen molar-refractivity contribution < 1.29 is 0 Å². The minimum atomic E-state index is 0.627. The normalized spacial score (nSPS) is 12.9. The predicted octanol–water partition coefficient (Wildman–Crippen LogP) is 4.09. The van der Waals surface area contributed by atoms with Crippen LogP contribution in [0.4, 0.5) is 0 Å². The quantitative estimate of drug-likeness (QED) is 0.688. The summed E-state index contributed by atoms with van der Waals surface area (Å²) in [6.45, 7) is 9.95. The number of hydrogen-bond donors (Lipinski definition) is 1. The van der Waals surface area contributed by atoms with Gasteiger partial charge in [-0.15, -0.1) is 0 Å². The van der Waals surface area contributed by atoms with Gasteiger partial charge < -0.3 is 9.88 Å². The standard InChI is InChI=1S/C16H30N2/c1-6-7-8-9-10-13(2)17-12-16-11-14(3)18(5)15(16)4/h11,13,17H,6-10,12H2,1-5H3. The van der Waals surface area contributed by atoms with Gasteiger partial charge in [0.1, 0.15) is 0 Å². The van der Waals surface area contributed by atoms with Crippen molar-refractivity contribution in [2.24, 2.45) is 7.05 Å². The van der Waals surface area contributed by atoms with Crippen LogP contribution in [0.3, 0.4) is 0 Å². The van der Waals surface area contributed by atoms with E-state index < -0.39 is 0 Å². The zero-order valence-corrected chi connectivity index (χ0v) is 12.8. The summed E-state index contributed by atoms with van der Waals surface area (Å²) in [4.78, 5) is 0. The van der Waals surface area contributed by atoms with E-state index in [9.17, 15) is 0 Å². The van der Waals surface area contributed by atoms with E-state index in [1.165, 1.54) is 49.1 Å². The molecule has 0 aliphatic carbocycles. The van der Waals surface area contributed by atoms with Gasteiger partial charge in [-0.05, 0) is 38.8 Å². The number of aromatic nitrogens is 1. The molecule has 0 fully saturated rings. The highest BCUT2D eigenvalue weighted by molar-refractivity contribution is 5.26. The molecule has 1 atom stereocenters. The minimum Gasteiger partial charge on any atom is -0.352 e. The van der Waals surface area contributed by atoms with E-state index in [0.717, 1.165) is 6.54 Å². The fourth-order valence-electron chi connectivity index (χ4n) is 2.38. The Kier molecular flexibility index (Phi) is 6.48. The molecule has 104 valence electrons. The van der Waals surface area contributed by atoms with E-state index in [2.05, 4.69) is 50.7 Å². The highest BCUT2D eigenvalue weighted by atomic mass is 15.0. The molecule has 1 heterocycles. The van der Waals surface area contributed by atoms with E-state index in [0.29, 0.717) is 6.04 Å². The lowest BCUT2D eigenvalue weighted by Gasteiger charge is -2.13. The van der Waals surface area contributed by atoms with Crippen LogP contribution in [0.1, 0.15) is 62.9 Å². The summed E-state index contributed by atoms with van der Waals surface area (Å²) in [5, 5.41) is 3.64. The van der Waals surface area contributed by atoms with Crippen molar-refractivity contribution in [3.05, 3.63) is 23.0 Å². The molecule has 0 aliphatic rings. The molecule has 0 aromatic carbocycles. The van der Waals surface area contributed by atoms with Crippen molar-refractivity contribution in [3.63, 3.8) is 0 Å². The van der Waals surface area contributed by atoms with Crippen LogP contribution in [0.25, 0.3) is 0 Å². The van der Waals surface area contributed by atoms with E-state index in [1.807, 2.05) is 0 Å². The van der Waals surface area contributed by atoms with Crippen molar-refractivity contribution in [1.29, 1.82) is 0 Å². The molecule has 0 amide bonds. The Hall–Kier alpha value is -0.760. The first-order valence-corrected chi connectivity index (χ1v) is 7.41. The monoisotopic (exact) mass is 250 g/mol. The first-order chi connectivity index (χ1) is 8.56. The van der Waals surface area contributed by atoms with Gasteiger partial charge in [0, 0.05) is 31.0 Å². The van der Waals surface area contributed by atoms with E-state index in [4.69, 9.17) is 0 Å². The van der Waals surface area contributed by atoms with Gasteiger partial charge in [0.15, 0.2) is 0 Å². The highest BCUT2D eigenvalue weighted by Gasteiger charge is 2.07. The van der Waals surface area contributed by atoms with E-state index in [1.54, 1.807) is 0 Å². The highest BCUT2D eigenvalue weighted by Crippen LogP contribution is 2.13. The minimum absolute atomic E-state index is 0.627. The molecular weight excluding hydrogens is 220 g/mol. The Morgan fingerprint density at radius 1 is 1.22 bits per heavy atom. The maximum absolute atomic E-state index is 3.64. The summed E-state index contributed by atoms with van der Waals surface area (Å²) in [6, 6.07) is 2.92. The summed E-state index contributed by atoms with van der Waals surface area (Å²) in [5.41, 5.74) is 4.17. The average Bonchev–Trinajstić information content (AvgIpc) is 2.60. The zero-order chi connectivity index (χ0) is 13.5. The second-order valence-corrected chi connectivity index (χ2v) is 5.59. The molecule has 18 heavy (non-hydrogen) atoms. The SMILES string of the molecule is CCCCCCC(C)NCc1cc(C)n(C)c1C. The summed E-state index contributed by atoms with van der Waals surface area (Å²) < 4.78 is 2.27. The molecule has 0 saturated heterocycles. The maximum Gasteiger partial charge on any atom is 0.0225 e.